The summed E-state index contributed by atoms with van der Waals surface area (Å²) in [5, 5.41) is 2.91. The Labute approximate surface area is 131 Å². The number of rotatable bonds is 6. The first-order chi connectivity index (χ1) is 10.6. The highest BCUT2D eigenvalue weighted by molar-refractivity contribution is 6.05. The number of ether oxygens (including phenoxy) is 1. The molecule has 22 heavy (non-hydrogen) atoms. The van der Waals surface area contributed by atoms with Gasteiger partial charge in [0.2, 0.25) is 0 Å². The third kappa shape index (κ3) is 4.01. The quantitative estimate of drug-likeness (QED) is 0.882. The Kier molecular flexibility index (Phi) is 5.42. The zero-order valence-electron chi connectivity index (χ0n) is 13.3. The predicted molar refractivity (Wildman–Crippen MR) is 91.0 cm³/mol. The molecule has 0 heterocycles. The van der Waals surface area contributed by atoms with Crippen LogP contribution < -0.4 is 15.0 Å². The highest BCUT2D eigenvalue weighted by Gasteiger charge is 2.10. The topological polar surface area (TPSA) is 41.6 Å². The van der Waals surface area contributed by atoms with Crippen LogP contribution in [0.15, 0.2) is 48.5 Å². The first-order valence-corrected chi connectivity index (χ1v) is 7.42. The van der Waals surface area contributed by atoms with Crippen LogP contribution in [0, 0.1) is 0 Å². The minimum Gasteiger partial charge on any atom is -0.491 e. The van der Waals surface area contributed by atoms with Gasteiger partial charge in [-0.1, -0.05) is 19.1 Å². The van der Waals surface area contributed by atoms with Crippen molar-refractivity contribution in [1.82, 2.24) is 0 Å². The molecule has 0 saturated heterocycles. The van der Waals surface area contributed by atoms with Crippen LogP contribution in [-0.4, -0.2) is 26.6 Å². The first kappa shape index (κ1) is 15.9. The Balaban J connectivity index is 2.11. The molecule has 1 amide bonds. The van der Waals surface area contributed by atoms with Gasteiger partial charge in [0, 0.05) is 25.3 Å². The normalized spacial score (nSPS) is 10.1. The maximum atomic E-state index is 12.3. The van der Waals surface area contributed by atoms with E-state index >= 15 is 0 Å². The molecular formula is C18H22N2O2. The smallest absolute Gasteiger partial charge is 0.255 e. The molecule has 0 aliphatic heterocycles. The SMILES string of the molecule is CCCOc1ccccc1NC(=O)c1ccc(N(C)C)cc1. The van der Waals surface area contributed by atoms with Crippen LogP contribution in [-0.2, 0) is 0 Å². The van der Waals surface area contributed by atoms with Gasteiger partial charge < -0.3 is 15.0 Å². The second-order valence-electron chi connectivity index (χ2n) is 5.24. The van der Waals surface area contributed by atoms with E-state index in [0.29, 0.717) is 23.6 Å². The van der Waals surface area contributed by atoms with E-state index in [1.807, 2.05) is 74.4 Å². The molecule has 0 radical (unpaired) electrons. The number of carbonyl (C=O) groups excluding carboxylic acids is 1. The summed E-state index contributed by atoms with van der Waals surface area (Å²) < 4.78 is 5.65. The lowest BCUT2D eigenvalue weighted by atomic mass is 10.2. The van der Waals surface area contributed by atoms with E-state index in [1.165, 1.54) is 0 Å². The summed E-state index contributed by atoms with van der Waals surface area (Å²) in [6.45, 7) is 2.68. The minimum absolute atomic E-state index is 0.141. The molecule has 0 unspecified atom stereocenters. The molecule has 0 aliphatic rings. The Morgan fingerprint density at radius 2 is 1.77 bits per heavy atom. The van der Waals surface area contributed by atoms with Crippen LogP contribution in [0.3, 0.4) is 0 Å². The monoisotopic (exact) mass is 298 g/mol. The number of hydrogen-bond acceptors (Lipinski definition) is 3. The molecule has 4 heteroatoms. The van der Waals surface area contributed by atoms with Gasteiger partial charge >= 0.3 is 0 Å². The van der Waals surface area contributed by atoms with E-state index in [-0.39, 0.29) is 5.91 Å². The van der Waals surface area contributed by atoms with E-state index in [0.717, 1.165) is 12.1 Å². The third-order valence-electron chi connectivity index (χ3n) is 3.24. The van der Waals surface area contributed by atoms with Gasteiger partial charge in [-0.3, -0.25) is 4.79 Å². The van der Waals surface area contributed by atoms with Crippen molar-refractivity contribution in [2.75, 3.05) is 30.9 Å². The van der Waals surface area contributed by atoms with Crippen LogP contribution >= 0.6 is 0 Å². The second kappa shape index (κ2) is 7.50. The molecule has 0 aliphatic carbocycles. The van der Waals surface area contributed by atoms with Gasteiger partial charge in [0.1, 0.15) is 5.75 Å². The molecule has 2 aromatic carbocycles. The van der Waals surface area contributed by atoms with Crippen LogP contribution in [0.5, 0.6) is 5.75 Å². The summed E-state index contributed by atoms with van der Waals surface area (Å²) >= 11 is 0. The average molecular weight is 298 g/mol. The number of carbonyl (C=O) groups is 1. The van der Waals surface area contributed by atoms with Crippen LogP contribution in [0.4, 0.5) is 11.4 Å². The van der Waals surface area contributed by atoms with Gasteiger partial charge in [0.15, 0.2) is 0 Å². The summed E-state index contributed by atoms with van der Waals surface area (Å²) in [4.78, 5) is 14.3. The Hall–Kier alpha value is -2.49. The number of nitrogens with zero attached hydrogens (tertiary/aromatic N) is 1. The molecule has 0 spiro atoms. The van der Waals surface area contributed by atoms with Gasteiger partial charge in [-0.2, -0.15) is 0 Å². The van der Waals surface area contributed by atoms with Gasteiger partial charge in [0.25, 0.3) is 5.91 Å². The summed E-state index contributed by atoms with van der Waals surface area (Å²) in [5.74, 6) is 0.556. The number of nitrogens with one attached hydrogen (secondary N) is 1. The van der Waals surface area contributed by atoms with Crippen LogP contribution in [0.1, 0.15) is 23.7 Å². The fraction of sp³-hybridized carbons (Fsp3) is 0.278. The van der Waals surface area contributed by atoms with Crippen molar-refractivity contribution in [2.45, 2.75) is 13.3 Å². The molecule has 0 aromatic heterocycles. The van der Waals surface area contributed by atoms with E-state index < -0.39 is 0 Å². The number of para-hydroxylation sites is 2. The van der Waals surface area contributed by atoms with Crippen molar-refractivity contribution in [3.8, 4) is 5.75 Å². The van der Waals surface area contributed by atoms with Gasteiger partial charge in [-0.15, -0.1) is 0 Å². The largest absolute Gasteiger partial charge is 0.491 e. The summed E-state index contributed by atoms with van der Waals surface area (Å²) in [6.07, 6.45) is 0.925. The molecule has 116 valence electrons. The predicted octanol–water partition coefficient (Wildman–Crippen LogP) is 3.79. The maximum absolute atomic E-state index is 12.3. The fourth-order valence-electron chi connectivity index (χ4n) is 2.01. The highest BCUT2D eigenvalue weighted by Crippen LogP contribution is 2.24. The van der Waals surface area contributed by atoms with Crippen molar-refractivity contribution < 1.29 is 9.53 Å². The second-order valence-corrected chi connectivity index (χ2v) is 5.24. The van der Waals surface area contributed by atoms with E-state index in [2.05, 4.69) is 5.32 Å². The average Bonchev–Trinajstić information content (AvgIpc) is 2.54. The molecule has 0 saturated carbocycles. The van der Waals surface area contributed by atoms with Crippen LogP contribution in [0.25, 0.3) is 0 Å². The molecule has 0 atom stereocenters. The number of amides is 1. The van der Waals surface area contributed by atoms with Crippen molar-refractivity contribution >= 4 is 17.3 Å². The third-order valence-corrected chi connectivity index (χ3v) is 3.24. The van der Waals surface area contributed by atoms with Crippen molar-refractivity contribution in [2.24, 2.45) is 0 Å². The fourth-order valence-corrected chi connectivity index (χ4v) is 2.01. The molecular weight excluding hydrogens is 276 g/mol. The van der Waals surface area contributed by atoms with Gasteiger partial charge in [-0.05, 0) is 42.8 Å². The van der Waals surface area contributed by atoms with E-state index in [4.69, 9.17) is 4.74 Å². The lowest BCUT2D eigenvalue weighted by Crippen LogP contribution is -2.14. The summed E-state index contributed by atoms with van der Waals surface area (Å²) in [7, 11) is 3.94. The zero-order valence-corrected chi connectivity index (χ0v) is 13.3. The zero-order chi connectivity index (χ0) is 15.9. The number of anilines is 2. The molecule has 4 nitrogen and oxygen atoms in total. The van der Waals surface area contributed by atoms with Gasteiger partial charge in [0.05, 0.1) is 12.3 Å². The lowest BCUT2D eigenvalue weighted by molar-refractivity contribution is 0.102. The minimum atomic E-state index is -0.141. The Morgan fingerprint density at radius 1 is 1.09 bits per heavy atom. The van der Waals surface area contributed by atoms with E-state index in [1.54, 1.807) is 0 Å². The maximum Gasteiger partial charge on any atom is 0.255 e. The number of hydrogen-bond donors (Lipinski definition) is 1. The molecule has 2 rings (SSSR count). The summed E-state index contributed by atoms with van der Waals surface area (Å²) in [6, 6.07) is 15.0. The Morgan fingerprint density at radius 3 is 2.41 bits per heavy atom. The van der Waals surface area contributed by atoms with Crippen molar-refractivity contribution in [1.29, 1.82) is 0 Å². The van der Waals surface area contributed by atoms with Gasteiger partial charge in [-0.25, -0.2) is 0 Å². The molecule has 0 fully saturated rings. The summed E-state index contributed by atoms with van der Waals surface area (Å²) in [5.41, 5.74) is 2.37. The van der Waals surface area contributed by atoms with Crippen molar-refractivity contribution in [3.05, 3.63) is 54.1 Å². The van der Waals surface area contributed by atoms with Crippen LogP contribution in [0.2, 0.25) is 0 Å². The highest BCUT2D eigenvalue weighted by atomic mass is 16.5. The van der Waals surface area contributed by atoms with Crippen molar-refractivity contribution in [3.63, 3.8) is 0 Å². The molecule has 2 aromatic rings. The standard InChI is InChI=1S/C18H22N2O2/c1-4-13-22-17-8-6-5-7-16(17)19-18(21)14-9-11-15(12-10-14)20(2)3/h5-12H,4,13H2,1-3H3,(H,19,21). The van der Waals surface area contributed by atoms with E-state index in [9.17, 15) is 4.79 Å². The molecule has 1 N–H and O–H groups in total. The first-order valence-electron chi connectivity index (χ1n) is 7.42. The number of benzene rings is 2. The lowest BCUT2D eigenvalue weighted by Gasteiger charge is -2.14. The Bertz CT molecular complexity index is 621. The molecule has 0 bridgehead atoms.